The summed E-state index contributed by atoms with van der Waals surface area (Å²) >= 11 is 0. The SMILES string of the molecule is Cc1nc(C2CCCN(C(=O)c3cccc4[nH]c(=O)[nH]c34)C2)n[nH]1. The number of carbonyl (C=O) groups excluding carboxylic acids is 1. The summed E-state index contributed by atoms with van der Waals surface area (Å²) in [5.41, 5.74) is 1.41. The van der Waals surface area contributed by atoms with Gasteiger partial charge in [0.15, 0.2) is 5.82 Å². The van der Waals surface area contributed by atoms with E-state index in [9.17, 15) is 9.59 Å². The number of nitrogens with zero attached hydrogens (tertiary/aromatic N) is 3. The van der Waals surface area contributed by atoms with Crippen molar-refractivity contribution in [2.24, 2.45) is 0 Å². The lowest BCUT2D eigenvalue weighted by atomic mass is 9.96. The standard InChI is InChI=1S/C16H18N6O2/c1-9-17-14(21-20-9)10-4-3-7-22(8-10)15(23)11-5-2-6-12-13(11)19-16(24)18-12/h2,5-6,10H,3-4,7-8H2,1H3,(H,17,20,21)(H2,18,19,24). The fourth-order valence-electron chi connectivity index (χ4n) is 3.32. The minimum Gasteiger partial charge on any atom is -0.338 e. The number of hydrogen-bond donors (Lipinski definition) is 3. The topological polar surface area (TPSA) is 111 Å². The number of fused-ring (bicyclic) bond motifs is 1. The number of hydrogen-bond acceptors (Lipinski definition) is 4. The van der Waals surface area contributed by atoms with Crippen LogP contribution in [0.3, 0.4) is 0 Å². The summed E-state index contributed by atoms with van der Waals surface area (Å²) in [7, 11) is 0. The zero-order valence-corrected chi connectivity index (χ0v) is 13.3. The predicted octanol–water partition coefficient (Wildman–Crippen LogP) is 1.30. The average Bonchev–Trinajstić information content (AvgIpc) is 3.18. The third kappa shape index (κ3) is 2.49. The van der Waals surface area contributed by atoms with E-state index in [0.29, 0.717) is 29.7 Å². The maximum absolute atomic E-state index is 12.9. The Kier molecular flexibility index (Phi) is 3.44. The van der Waals surface area contributed by atoms with Gasteiger partial charge in [0.05, 0.1) is 16.6 Å². The first kappa shape index (κ1) is 14.7. The normalized spacial score (nSPS) is 18.2. The van der Waals surface area contributed by atoms with Crippen molar-refractivity contribution in [3.63, 3.8) is 0 Å². The molecule has 8 nitrogen and oxygen atoms in total. The maximum atomic E-state index is 12.9. The summed E-state index contributed by atoms with van der Waals surface area (Å²) in [5, 5.41) is 7.09. The number of amides is 1. The zero-order chi connectivity index (χ0) is 16.7. The molecule has 1 aliphatic rings. The molecule has 0 spiro atoms. The van der Waals surface area contributed by atoms with Gasteiger partial charge in [-0.15, -0.1) is 0 Å². The lowest BCUT2D eigenvalue weighted by Crippen LogP contribution is -2.39. The molecule has 24 heavy (non-hydrogen) atoms. The maximum Gasteiger partial charge on any atom is 0.323 e. The van der Waals surface area contributed by atoms with Gasteiger partial charge in [-0.1, -0.05) is 6.07 Å². The summed E-state index contributed by atoms with van der Waals surface area (Å²) in [6, 6.07) is 5.30. The van der Waals surface area contributed by atoms with E-state index in [1.54, 1.807) is 18.2 Å². The highest BCUT2D eigenvalue weighted by Gasteiger charge is 2.28. The summed E-state index contributed by atoms with van der Waals surface area (Å²) in [6.45, 7) is 3.15. The van der Waals surface area contributed by atoms with Crippen LogP contribution < -0.4 is 5.69 Å². The summed E-state index contributed by atoms with van der Waals surface area (Å²) in [4.78, 5) is 36.1. The number of aromatic amines is 3. The fourth-order valence-corrected chi connectivity index (χ4v) is 3.32. The highest BCUT2D eigenvalue weighted by molar-refractivity contribution is 6.04. The molecule has 3 aromatic rings. The molecule has 124 valence electrons. The lowest BCUT2D eigenvalue weighted by Gasteiger charge is -2.31. The van der Waals surface area contributed by atoms with Crippen molar-refractivity contribution < 1.29 is 4.79 Å². The van der Waals surface area contributed by atoms with Gasteiger partial charge in [-0.25, -0.2) is 9.78 Å². The van der Waals surface area contributed by atoms with Crippen LogP contribution in [0.1, 0.15) is 40.8 Å². The third-order valence-corrected chi connectivity index (χ3v) is 4.47. The van der Waals surface area contributed by atoms with Crippen molar-refractivity contribution >= 4 is 16.9 Å². The van der Waals surface area contributed by atoms with Crippen molar-refractivity contribution in [3.05, 3.63) is 45.9 Å². The quantitative estimate of drug-likeness (QED) is 0.659. The number of benzene rings is 1. The third-order valence-electron chi connectivity index (χ3n) is 4.47. The number of nitrogens with one attached hydrogen (secondary N) is 3. The smallest absolute Gasteiger partial charge is 0.323 e. The summed E-state index contributed by atoms with van der Waals surface area (Å²) in [5.74, 6) is 1.60. The van der Waals surface area contributed by atoms with Gasteiger partial charge in [0, 0.05) is 19.0 Å². The molecule has 0 aliphatic carbocycles. The van der Waals surface area contributed by atoms with Gasteiger partial charge in [0.25, 0.3) is 5.91 Å². The molecule has 3 heterocycles. The molecule has 1 saturated heterocycles. The Morgan fingerprint density at radius 2 is 2.21 bits per heavy atom. The number of H-pyrrole nitrogens is 3. The van der Waals surface area contributed by atoms with Crippen molar-refractivity contribution in [1.29, 1.82) is 0 Å². The Hall–Kier alpha value is -2.90. The highest BCUT2D eigenvalue weighted by Crippen LogP contribution is 2.26. The van der Waals surface area contributed by atoms with E-state index >= 15 is 0 Å². The second-order valence-corrected chi connectivity index (χ2v) is 6.18. The zero-order valence-electron chi connectivity index (χ0n) is 13.3. The van der Waals surface area contributed by atoms with Crippen LogP contribution in [0.5, 0.6) is 0 Å². The van der Waals surface area contributed by atoms with Crippen LogP contribution in [0.25, 0.3) is 11.0 Å². The van der Waals surface area contributed by atoms with Crippen LogP contribution in [0, 0.1) is 6.92 Å². The molecular weight excluding hydrogens is 308 g/mol. The molecular formula is C16H18N6O2. The molecule has 0 saturated carbocycles. The number of aromatic nitrogens is 5. The largest absolute Gasteiger partial charge is 0.338 e. The number of rotatable bonds is 2. The number of likely N-dealkylation sites (tertiary alicyclic amines) is 1. The van der Waals surface area contributed by atoms with Gasteiger partial charge in [0.2, 0.25) is 0 Å². The molecule has 2 aromatic heterocycles. The van der Waals surface area contributed by atoms with Crippen molar-refractivity contribution in [3.8, 4) is 0 Å². The first-order valence-electron chi connectivity index (χ1n) is 8.01. The Balaban J connectivity index is 1.62. The van der Waals surface area contributed by atoms with E-state index in [0.717, 1.165) is 24.5 Å². The van der Waals surface area contributed by atoms with E-state index in [1.165, 1.54) is 0 Å². The van der Waals surface area contributed by atoms with Crippen LogP contribution in [0.15, 0.2) is 23.0 Å². The molecule has 1 aliphatic heterocycles. The van der Waals surface area contributed by atoms with Gasteiger partial charge >= 0.3 is 5.69 Å². The van der Waals surface area contributed by atoms with E-state index in [2.05, 4.69) is 25.1 Å². The minimum absolute atomic E-state index is 0.0761. The van der Waals surface area contributed by atoms with E-state index in [-0.39, 0.29) is 17.5 Å². The Morgan fingerprint density at radius 3 is 3.00 bits per heavy atom. The number of para-hydroxylation sites is 1. The monoisotopic (exact) mass is 326 g/mol. The second-order valence-electron chi connectivity index (χ2n) is 6.18. The molecule has 3 N–H and O–H groups in total. The number of carbonyl (C=O) groups is 1. The van der Waals surface area contributed by atoms with Crippen LogP contribution in [-0.2, 0) is 0 Å². The second kappa shape index (κ2) is 5.63. The average molecular weight is 326 g/mol. The van der Waals surface area contributed by atoms with Crippen LogP contribution >= 0.6 is 0 Å². The summed E-state index contributed by atoms with van der Waals surface area (Å²) in [6.07, 6.45) is 1.87. The van der Waals surface area contributed by atoms with E-state index in [4.69, 9.17) is 0 Å². The molecule has 1 atom stereocenters. The van der Waals surface area contributed by atoms with E-state index in [1.807, 2.05) is 11.8 Å². The molecule has 1 amide bonds. The predicted molar refractivity (Wildman–Crippen MR) is 87.9 cm³/mol. The van der Waals surface area contributed by atoms with Gasteiger partial charge in [-0.05, 0) is 31.9 Å². The number of imidazole rings is 1. The molecule has 4 rings (SSSR count). The van der Waals surface area contributed by atoms with Crippen molar-refractivity contribution in [2.75, 3.05) is 13.1 Å². The first-order valence-corrected chi connectivity index (χ1v) is 8.01. The summed E-state index contributed by atoms with van der Waals surface area (Å²) < 4.78 is 0. The van der Waals surface area contributed by atoms with Crippen molar-refractivity contribution in [1.82, 2.24) is 30.0 Å². The van der Waals surface area contributed by atoms with Gasteiger partial charge in [0.1, 0.15) is 5.82 Å². The minimum atomic E-state index is -0.307. The van der Waals surface area contributed by atoms with Gasteiger partial charge < -0.3 is 14.9 Å². The first-order chi connectivity index (χ1) is 11.6. The van der Waals surface area contributed by atoms with Crippen LogP contribution in [0.2, 0.25) is 0 Å². The molecule has 0 radical (unpaired) electrons. The Morgan fingerprint density at radius 1 is 1.33 bits per heavy atom. The Labute approximate surface area is 137 Å². The van der Waals surface area contributed by atoms with E-state index < -0.39 is 0 Å². The number of aryl methyl sites for hydroxylation is 1. The molecule has 0 bridgehead atoms. The fraction of sp³-hybridized carbons (Fsp3) is 0.375. The van der Waals surface area contributed by atoms with Crippen LogP contribution in [0.4, 0.5) is 0 Å². The molecule has 1 fully saturated rings. The highest BCUT2D eigenvalue weighted by atomic mass is 16.2. The molecule has 8 heteroatoms. The van der Waals surface area contributed by atoms with Crippen LogP contribution in [-0.4, -0.2) is 49.0 Å². The van der Waals surface area contributed by atoms with Crippen molar-refractivity contribution in [2.45, 2.75) is 25.7 Å². The number of piperidine rings is 1. The van der Waals surface area contributed by atoms with Gasteiger partial charge in [-0.3, -0.25) is 9.89 Å². The molecule has 1 unspecified atom stereocenters. The lowest BCUT2D eigenvalue weighted by molar-refractivity contribution is 0.0706. The van der Waals surface area contributed by atoms with Gasteiger partial charge in [-0.2, -0.15) is 5.10 Å². The Bertz CT molecular complexity index is 953. The molecule has 1 aromatic carbocycles.